The first-order chi connectivity index (χ1) is 14.5. The number of hydrogen-bond acceptors (Lipinski definition) is 3. The molecular formula is C25H22N2O2S. The van der Waals surface area contributed by atoms with Crippen molar-refractivity contribution in [2.75, 3.05) is 18.5 Å². The molecular weight excluding hydrogens is 392 g/mol. The molecule has 1 saturated heterocycles. The Morgan fingerprint density at radius 2 is 1.60 bits per heavy atom. The molecule has 0 N–H and O–H groups in total. The van der Waals surface area contributed by atoms with Gasteiger partial charge in [-0.3, -0.25) is 9.59 Å². The van der Waals surface area contributed by atoms with Gasteiger partial charge < -0.3 is 9.80 Å². The molecule has 1 aliphatic heterocycles. The second-order valence-electron chi connectivity index (χ2n) is 7.88. The summed E-state index contributed by atoms with van der Waals surface area (Å²) in [6.45, 7) is 2.25. The maximum Gasteiger partial charge on any atom is 0.257 e. The van der Waals surface area contributed by atoms with Gasteiger partial charge in [-0.05, 0) is 35.2 Å². The zero-order valence-corrected chi connectivity index (χ0v) is 17.8. The zero-order chi connectivity index (χ0) is 20.9. The number of anilines is 1. The highest BCUT2D eigenvalue weighted by Gasteiger charge is 2.48. The standard InChI is InChI=1S/C25H22N2O2S/c1-25(20-16-30-22-13-6-5-11-19(20)22)24(29)27(15-14-23(28)26(25)2)21-12-7-9-17-8-3-4-10-18(17)21/h3-13,16H,14-15H2,1-2H3/t25-/m0/s1. The van der Waals surface area contributed by atoms with Gasteiger partial charge in [0.1, 0.15) is 5.54 Å². The van der Waals surface area contributed by atoms with Crippen molar-refractivity contribution >= 4 is 49.7 Å². The first kappa shape index (κ1) is 18.8. The molecule has 5 rings (SSSR count). The summed E-state index contributed by atoms with van der Waals surface area (Å²) in [5.74, 6) is -0.0976. The summed E-state index contributed by atoms with van der Waals surface area (Å²) in [6.07, 6.45) is 0.295. The third-order valence-corrected chi connectivity index (χ3v) is 7.28. The van der Waals surface area contributed by atoms with Crippen LogP contribution in [0.3, 0.4) is 0 Å². The summed E-state index contributed by atoms with van der Waals surface area (Å²) in [5.41, 5.74) is 0.660. The van der Waals surface area contributed by atoms with Gasteiger partial charge in [0.05, 0.1) is 5.69 Å². The Bertz CT molecular complexity index is 1290. The third kappa shape index (κ3) is 2.66. The van der Waals surface area contributed by atoms with Crippen LogP contribution in [-0.2, 0) is 15.1 Å². The normalized spacial score (nSPS) is 20.2. The monoisotopic (exact) mass is 414 g/mol. The van der Waals surface area contributed by atoms with Crippen LogP contribution in [0.1, 0.15) is 18.9 Å². The van der Waals surface area contributed by atoms with Crippen molar-refractivity contribution in [3.05, 3.63) is 77.7 Å². The van der Waals surface area contributed by atoms with Crippen molar-refractivity contribution in [2.24, 2.45) is 0 Å². The van der Waals surface area contributed by atoms with Crippen LogP contribution in [0, 0.1) is 0 Å². The Kier molecular flexibility index (Phi) is 4.36. The predicted octanol–water partition coefficient (Wildman–Crippen LogP) is 5.17. The van der Waals surface area contributed by atoms with Gasteiger partial charge in [-0.25, -0.2) is 0 Å². The quantitative estimate of drug-likeness (QED) is 0.454. The van der Waals surface area contributed by atoms with Crippen molar-refractivity contribution in [1.29, 1.82) is 0 Å². The second kappa shape index (κ2) is 6.96. The van der Waals surface area contributed by atoms with Gasteiger partial charge in [-0.2, -0.15) is 0 Å². The van der Waals surface area contributed by atoms with Crippen molar-refractivity contribution in [3.63, 3.8) is 0 Å². The summed E-state index contributed by atoms with van der Waals surface area (Å²) in [6, 6.07) is 22.1. The van der Waals surface area contributed by atoms with Crippen LogP contribution in [0.5, 0.6) is 0 Å². The molecule has 0 bridgehead atoms. The first-order valence-corrected chi connectivity index (χ1v) is 10.9. The summed E-state index contributed by atoms with van der Waals surface area (Å²) in [7, 11) is 1.75. The van der Waals surface area contributed by atoms with Crippen molar-refractivity contribution < 1.29 is 9.59 Å². The molecule has 5 heteroatoms. The topological polar surface area (TPSA) is 40.6 Å². The lowest BCUT2D eigenvalue weighted by molar-refractivity contribution is -0.141. The number of amides is 2. The van der Waals surface area contributed by atoms with Crippen LogP contribution in [0.2, 0.25) is 0 Å². The van der Waals surface area contributed by atoms with E-state index in [0.29, 0.717) is 13.0 Å². The smallest absolute Gasteiger partial charge is 0.257 e. The summed E-state index contributed by atoms with van der Waals surface area (Å²) < 4.78 is 1.11. The summed E-state index contributed by atoms with van der Waals surface area (Å²) >= 11 is 1.61. The Hall–Kier alpha value is -3.18. The number of thiophene rings is 1. The van der Waals surface area contributed by atoms with E-state index < -0.39 is 5.54 Å². The fourth-order valence-corrected chi connectivity index (χ4v) is 5.52. The average molecular weight is 415 g/mol. The van der Waals surface area contributed by atoms with Gasteiger partial charge in [0.15, 0.2) is 0 Å². The molecule has 0 saturated carbocycles. The van der Waals surface area contributed by atoms with Gasteiger partial charge in [-0.1, -0.05) is 54.6 Å². The minimum atomic E-state index is -1.08. The molecule has 2 heterocycles. The van der Waals surface area contributed by atoms with Gasteiger partial charge in [0.2, 0.25) is 5.91 Å². The lowest BCUT2D eigenvalue weighted by Gasteiger charge is -2.38. The molecule has 1 aromatic heterocycles. The van der Waals surface area contributed by atoms with E-state index in [2.05, 4.69) is 6.07 Å². The highest BCUT2D eigenvalue weighted by molar-refractivity contribution is 7.17. The van der Waals surface area contributed by atoms with E-state index in [1.54, 1.807) is 28.2 Å². The lowest BCUT2D eigenvalue weighted by atomic mass is 9.88. The lowest BCUT2D eigenvalue weighted by Crippen LogP contribution is -2.53. The Morgan fingerprint density at radius 3 is 2.43 bits per heavy atom. The van der Waals surface area contributed by atoms with Crippen LogP contribution in [0.25, 0.3) is 20.9 Å². The molecule has 150 valence electrons. The van der Waals surface area contributed by atoms with Gasteiger partial charge >= 0.3 is 0 Å². The molecule has 1 atom stereocenters. The van der Waals surface area contributed by atoms with E-state index in [4.69, 9.17) is 0 Å². The average Bonchev–Trinajstić information content (AvgIpc) is 3.19. The number of rotatable bonds is 2. The number of carbonyl (C=O) groups excluding carboxylic acids is 2. The maximum atomic E-state index is 14.1. The predicted molar refractivity (Wildman–Crippen MR) is 123 cm³/mol. The molecule has 30 heavy (non-hydrogen) atoms. The molecule has 0 radical (unpaired) electrons. The van der Waals surface area contributed by atoms with Crippen molar-refractivity contribution in [3.8, 4) is 0 Å². The fourth-order valence-electron chi connectivity index (χ4n) is 4.46. The largest absolute Gasteiger partial charge is 0.327 e. The van der Waals surface area contributed by atoms with E-state index in [1.807, 2.05) is 73.0 Å². The second-order valence-corrected chi connectivity index (χ2v) is 8.79. The van der Waals surface area contributed by atoms with Crippen molar-refractivity contribution in [1.82, 2.24) is 4.90 Å². The van der Waals surface area contributed by atoms with E-state index in [-0.39, 0.29) is 11.8 Å². The molecule has 1 aliphatic rings. The van der Waals surface area contributed by atoms with Gasteiger partial charge in [-0.15, -0.1) is 11.3 Å². The highest BCUT2D eigenvalue weighted by atomic mass is 32.1. The van der Waals surface area contributed by atoms with Crippen LogP contribution in [0.15, 0.2) is 72.1 Å². The van der Waals surface area contributed by atoms with Gasteiger partial charge in [0.25, 0.3) is 5.91 Å². The van der Waals surface area contributed by atoms with E-state index in [9.17, 15) is 9.59 Å². The summed E-state index contributed by atoms with van der Waals surface area (Å²) in [5, 5.41) is 5.15. The van der Waals surface area contributed by atoms with Gasteiger partial charge in [0, 0.05) is 35.7 Å². The van der Waals surface area contributed by atoms with E-state index >= 15 is 0 Å². The van der Waals surface area contributed by atoms with Crippen LogP contribution >= 0.6 is 11.3 Å². The minimum Gasteiger partial charge on any atom is -0.327 e. The van der Waals surface area contributed by atoms with Crippen LogP contribution < -0.4 is 4.90 Å². The molecule has 0 unspecified atom stereocenters. The molecule has 0 aliphatic carbocycles. The zero-order valence-electron chi connectivity index (χ0n) is 17.0. The third-order valence-electron chi connectivity index (χ3n) is 6.32. The fraction of sp³-hybridized carbons (Fsp3) is 0.200. The first-order valence-electron chi connectivity index (χ1n) is 10.0. The SMILES string of the molecule is CN1C(=O)CCN(c2cccc3ccccc23)C(=O)[C@]1(C)c1csc2ccccc12. The number of fused-ring (bicyclic) bond motifs is 2. The molecule has 4 aromatic rings. The minimum absolute atomic E-state index is 0.0242. The van der Waals surface area contributed by atoms with E-state index in [1.165, 1.54) is 0 Å². The Balaban J connectivity index is 1.72. The van der Waals surface area contributed by atoms with Crippen molar-refractivity contribution in [2.45, 2.75) is 18.9 Å². The number of likely N-dealkylation sites (N-methyl/N-ethyl adjacent to an activating group) is 1. The molecule has 4 nitrogen and oxygen atoms in total. The Labute approximate surface area is 179 Å². The molecule has 0 spiro atoms. The van der Waals surface area contributed by atoms with Crippen LogP contribution in [-0.4, -0.2) is 30.3 Å². The number of carbonyl (C=O) groups is 2. The van der Waals surface area contributed by atoms with Crippen LogP contribution in [0.4, 0.5) is 5.69 Å². The number of hydrogen-bond donors (Lipinski definition) is 0. The highest BCUT2D eigenvalue weighted by Crippen LogP contribution is 2.41. The molecule has 3 aromatic carbocycles. The number of nitrogens with zero attached hydrogens (tertiary/aromatic N) is 2. The Morgan fingerprint density at radius 1 is 0.900 bits per heavy atom. The maximum absolute atomic E-state index is 14.1. The molecule has 1 fully saturated rings. The summed E-state index contributed by atoms with van der Waals surface area (Å²) in [4.78, 5) is 30.6. The number of benzene rings is 3. The molecule has 2 amide bonds. The van der Waals surface area contributed by atoms with E-state index in [0.717, 1.165) is 32.1 Å².